The molecular weight excluding hydrogens is 258 g/mol. The van der Waals surface area contributed by atoms with Crippen LogP contribution >= 0.6 is 0 Å². The van der Waals surface area contributed by atoms with Crippen molar-refractivity contribution in [2.24, 2.45) is 17.6 Å². The molecule has 0 heterocycles. The summed E-state index contributed by atoms with van der Waals surface area (Å²) in [5.74, 6) is 7.04. The second-order valence-corrected chi connectivity index (χ2v) is 6.10. The Labute approximate surface area is 129 Å². The average molecular weight is 287 g/mol. The zero-order valence-corrected chi connectivity index (χ0v) is 13.8. The molecule has 0 spiro atoms. The standard InChI is InChI=1S/C19H29NO/c1-5-8-16(9-6-2)12-13-17-10-7-11-18(14-17)19(20,21)15(3)4/h7,10-11,14-16,21H,5-6,8-9,20H2,1-4H3. The van der Waals surface area contributed by atoms with Crippen molar-refractivity contribution in [1.29, 1.82) is 0 Å². The lowest BCUT2D eigenvalue weighted by Crippen LogP contribution is -2.41. The van der Waals surface area contributed by atoms with E-state index in [0.717, 1.165) is 36.8 Å². The molecule has 116 valence electrons. The van der Waals surface area contributed by atoms with Crippen LogP contribution in [-0.4, -0.2) is 5.11 Å². The minimum Gasteiger partial charge on any atom is -0.372 e. The van der Waals surface area contributed by atoms with Crippen LogP contribution in [0.15, 0.2) is 24.3 Å². The lowest BCUT2D eigenvalue weighted by atomic mass is 9.91. The molecule has 0 radical (unpaired) electrons. The second-order valence-electron chi connectivity index (χ2n) is 6.10. The highest BCUT2D eigenvalue weighted by atomic mass is 16.3. The topological polar surface area (TPSA) is 46.2 Å². The van der Waals surface area contributed by atoms with Gasteiger partial charge in [-0.1, -0.05) is 64.5 Å². The highest BCUT2D eigenvalue weighted by Crippen LogP contribution is 2.24. The van der Waals surface area contributed by atoms with E-state index in [1.165, 1.54) is 0 Å². The van der Waals surface area contributed by atoms with E-state index in [1.54, 1.807) is 0 Å². The summed E-state index contributed by atoms with van der Waals surface area (Å²) in [7, 11) is 0. The van der Waals surface area contributed by atoms with Gasteiger partial charge in [-0.15, -0.1) is 0 Å². The molecule has 0 aliphatic rings. The fourth-order valence-electron chi connectivity index (χ4n) is 2.35. The number of aliphatic hydroxyl groups is 1. The maximum Gasteiger partial charge on any atom is 0.141 e. The summed E-state index contributed by atoms with van der Waals surface area (Å²) in [5, 5.41) is 10.4. The van der Waals surface area contributed by atoms with Crippen molar-refractivity contribution in [3.63, 3.8) is 0 Å². The van der Waals surface area contributed by atoms with Crippen LogP contribution in [0.2, 0.25) is 0 Å². The molecule has 1 rings (SSSR count). The molecule has 2 nitrogen and oxygen atoms in total. The van der Waals surface area contributed by atoms with Crippen LogP contribution in [0.4, 0.5) is 0 Å². The first-order valence-electron chi connectivity index (χ1n) is 8.05. The molecule has 21 heavy (non-hydrogen) atoms. The first kappa shape index (κ1) is 17.8. The number of benzene rings is 1. The normalized spacial score (nSPS) is 13.9. The predicted octanol–water partition coefficient (Wildman–Crippen LogP) is 4.01. The van der Waals surface area contributed by atoms with E-state index in [1.807, 2.05) is 38.1 Å². The molecular formula is C19H29NO. The molecule has 1 aromatic rings. The van der Waals surface area contributed by atoms with Crippen molar-refractivity contribution in [2.45, 2.75) is 59.1 Å². The van der Waals surface area contributed by atoms with Gasteiger partial charge in [0, 0.05) is 11.5 Å². The van der Waals surface area contributed by atoms with Gasteiger partial charge in [-0.2, -0.15) is 0 Å². The van der Waals surface area contributed by atoms with Crippen LogP contribution in [0.1, 0.15) is 64.5 Å². The van der Waals surface area contributed by atoms with E-state index in [0.29, 0.717) is 5.92 Å². The van der Waals surface area contributed by atoms with E-state index in [4.69, 9.17) is 5.73 Å². The van der Waals surface area contributed by atoms with E-state index in [-0.39, 0.29) is 5.92 Å². The van der Waals surface area contributed by atoms with Gasteiger partial charge in [0.2, 0.25) is 0 Å². The maximum atomic E-state index is 10.4. The molecule has 1 aromatic carbocycles. The SMILES string of the molecule is CCCC(C#Cc1cccc(C(N)(O)C(C)C)c1)CCC. The zero-order chi connectivity index (χ0) is 15.9. The molecule has 0 bridgehead atoms. The lowest BCUT2D eigenvalue weighted by Gasteiger charge is -2.28. The number of rotatable bonds is 6. The Hall–Kier alpha value is -1.30. The van der Waals surface area contributed by atoms with Gasteiger partial charge in [0.1, 0.15) is 5.72 Å². The highest BCUT2D eigenvalue weighted by molar-refractivity contribution is 5.39. The molecule has 3 N–H and O–H groups in total. The van der Waals surface area contributed by atoms with E-state index in [9.17, 15) is 5.11 Å². The fraction of sp³-hybridized carbons (Fsp3) is 0.579. The quantitative estimate of drug-likeness (QED) is 0.613. The van der Waals surface area contributed by atoms with E-state index < -0.39 is 5.72 Å². The number of nitrogens with two attached hydrogens (primary N) is 1. The van der Waals surface area contributed by atoms with Crippen LogP contribution < -0.4 is 5.73 Å². The molecule has 0 aliphatic heterocycles. The van der Waals surface area contributed by atoms with Gasteiger partial charge in [-0.3, -0.25) is 5.73 Å². The van der Waals surface area contributed by atoms with Gasteiger partial charge in [-0.25, -0.2) is 0 Å². The average Bonchev–Trinajstić information content (AvgIpc) is 2.45. The Balaban J connectivity index is 2.96. The minimum atomic E-state index is -1.30. The van der Waals surface area contributed by atoms with Crippen molar-refractivity contribution in [3.05, 3.63) is 35.4 Å². The Bertz CT molecular complexity index is 488. The van der Waals surface area contributed by atoms with Crippen LogP contribution in [0, 0.1) is 23.7 Å². The molecule has 1 atom stereocenters. The van der Waals surface area contributed by atoms with Crippen LogP contribution in [0.3, 0.4) is 0 Å². The summed E-state index contributed by atoms with van der Waals surface area (Å²) in [6.45, 7) is 8.22. The third kappa shape index (κ3) is 5.19. The third-order valence-corrected chi connectivity index (χ3v) is 3.90. The highest BCUT2D eigenvalue weighted by Gasteiger charge is 2.27. The molecule has 0 aliphatic carbocycles. The third-order valence-electron chi connectivity index (χ3n) is 3.90. The molecule has 1 unspecified atom stereocenters. The van der Waals surface area contributed by atoms with Crippen molar-refractivity contribution in [3.8, 4) is 11.8 Å². The summed E-state index contributed by atoms with van der Waals surface area (Å²) in [6, 6.07) is 7.65. The maximum absolute atomic E-state index is 10.4. The first-order valence-corrected chi connectivity index (χ1v) is 8.05. The smallest absolute Gasteiger partial charge is 0.141 e. The Morgan fingerprint density at radius 1 is 1.19 bits per heavy atom. The van der Waals surface area contributed by atoms with Crippen LogP contribution in [0.25, 0.3) is 0 Å². The van der Waals surface area contributed by atoms with E-state index >= 15 is 0 Å². The first-order chi connectivity index (χ1) is 9.91. The van der Waals surface area contributed by atoms with Gasteiger partial charge in [-0.05, 0) is 36.5 Å². The number of hydrogen-bond acceptors (Lipinski definition) is 2. The Morgan fingerprint density at radius 2 is 1.81 bits per heavy atom. The Morgan fingerprint density at radius 3 is 2.33 bits per heavy atom. The molecule has 0 saturated carbocycles. The largest absolute Gasteiger partial charge is 0.372 e. The summed E-state index contributed by atoms with van der Waals surface area (Å²) in [5.41, 5.74) is 6.36. The fourth-order valence-corrected chi connectivity index (χ4v) is 2.35. The van der Waals surface area contributed by atoms with Crippen molar-refractivity contribution in [1.82, 2.24) is 0 Å². The summed E-state index contributed by atoms with van der Waals surface area (Å²) >= 11 is 0. The molecule has 0 aromatic heterocycles. The molecule has 2 heteroatoms. The van der Waals surface area contributed by atoms with Gasteiger partial charge in [0.05, 0.1) is 0 Å². The Kier molecular flexibility index (Phi) is 6.95. The minimum absolute atomic E-state index is 0.0476. The molecule has 0 amide bonds. The van der Waals surface area contributed by atoms with Gasteiger partial charge in [0.15, 0.2) is 0 Å². The lowest BCUT2D eigenvalue weighted by molar-refractivity contribution is -0.00396. The summed E-state index contributed by atoms with van der Waals surface area (Å²) < 4.78 is 0. The predicted molar refractivity (Wildman–Crippen MR) is 89.5 cm³/mol. The van der Waals surface area contributed by atoms with Crippen LogP contribution in [-0.2, 0) is 5.72 Å². The number of hydrogen-bond donors (Lipinski definition) is 2. The second kappa shape index (κ2) is 8.22. The summed E-state index contributed by atoms with van der Waals surface area (Å²) in [6.07, 6.45) is 4.62. The van der Waals surface area contributed by atoms with Crippen molar-refractivity contribution in [2.75, 3.05) is 0 Å². The van der Waals surface area contributed by atoms with Gasteiger partial charge >= 0.3 is 0 Å². The summed E-state index contributed by atoms with van der Waals surface area (Å²) in [4.78, 5) is 0. The monoisotopic (exact) mass is 287 g/mol. The van der Waals surface area contributed by atoms with Crippen molar-refractivity contribution >= 4 is 0 Å². The van der Waals surface area contributed by atoms with Gasteiger partial charge in [0.25, 0.3) is 0 Å². The zero-order valence-electron chi connectivity index (χ0n) is 13.8. The van der Waals surface area contributed by atoms with Crippen molar-refractivity contribution < 1.29 is 5.11 Å². The molecule has 0 saturated heterocycles. The van der Waals surface area contributed by atoms with Gasteiger partial charge < -0.3 is 5.11 Å². The van der Waals surface area contributed by atoms with E-state index in [2.05, 4.69) is 25.7 Å². The van der Waals surface area contributed by atoms with Crippen LogP contribution in [0.5, 0.6) is 0 Å². The molecule has 0 fully saturated rings.